The molecule has 0 bridgehead atoms. The van der Waals surface area contributed by atoms with E-state index in [0.717, 1.165) is 17.7 Å². The summed E-state index contributed by atoms with van der Waals surface area (Å²) in [4.78, 5) is 11.9. The zero-order chi connectivity index (χ0) is 19.9. The van der Waals surface area contributed by atoms with Crippen LogP contribution in [0.25, 0.3) is 6.08 Å². The maximum atomic E-state index is 12.5. The van der Waals surface area contributed by atoms with Crippen molar-refractivity contribution in [3.05, 3.63) is 65.2 Å². The first-order valence-electron chi connectivity index (χ1n) is 8.26. The number of alkyl halides is 3. The lowest BCUT2D eigenvalue weighted by Crippen LogP contribution is -2.20. The molecular formula is C20H20F3NO3. The van der Waals surface area contributed by atoms with Crippen molar-refractivity contribution in [2.45, 2.75) is 19.6 Å². The first-order chi connectivity index (χ1) is 12.8. The third-order valence-corrected chi connectivity index (χ3v) is 3.66. The number of hydrogen-bond donors (Lipinski definition) is 1. The molecule has 0 radical (unpaired) electrons. The molecule has 0 heterocycles. The standard InChI is InChI=1S/C20H20F3NO3/c1-3-27-17-10-6-14(12-18(17)26-2)7-11-19(25)24-13-15-4-8-16(9-5-15)20(21,22)23/h4-12H,3,13H2,1-2H3,(H,24,25). The number of hydrogen-bond acceptors (Lipinski definition) is 3. The minimum absolute atomic E-state index is 0.133. The largest absolute Gasteiger partial charge is 0.493 e. The van der Waals surface area contributed by atoms with Gasteiger partial charge in [-0.3, -0.25) is 4.79 Å². The quantitative estimate of drug-likeness (QED) is 0.724. The predicted molar refractivity (Wildman–Crippen MR) is 96.5 cm³/mol. The Kier molecular flexibility index (Phi) is 6.87. The van der Waals surface area contributed by atoms with Gasteiger partial charge in [-0.05, 0) is 48.4 Å². The molecule has 0 unspecified atom stereocenters. The van der Waals surface area contributed by atoms with E-state index in [1.807, 2.05) is 6.92 Å². The van der Waals surface area contributed by atoms with E-state index in [0.29, 0.717) is 23.7 Å². The summed E-state index contributed by atoms with van der Waals surface area (Å²) >= 11 is 0. The number of benzene rings is 2. The average Bonchev–Trinajstić information content (AvgIpc) is 2.65. The molecule has 1 N–H and O–H groups in total. The van der Waals surface area contributed by atoms with Crippen LogP contribution in [-0.2, 0) is 17.5 Å². The number of rotatable bonds is 7. The van der Waals surface area contributed by atoms with Gasteiger partial charge >= 0.3 is 6.18 Å². The first-order valence-corrected chi connectivity index (χ1v) is 8.26. The van der Waals surface area contributed by atoms with E-state index < -0.39 is 11.7 Å². The molecule has 144 valence electrons. The van der Waals surface area contributed by atoms with Crippen LogP contribution in [0.3, 0.4) is 0 Å². The summed E-state index contributed by atoms with van der Waals surface area (Å²) in [5.74, 6) is 0.816. The topological polar surface area (TPSA) is 47.6 Å². The van der Waals surface area contributed by atoms with E-state index in [1.54, 1.807) is 24.3 Å². The van der Waals surface area contributed by atoms with Crippen molar-refractivity contribution in [3.63, 3.8) is 0 Å². The lowest BCUT2D eigenvalue weighted by molar-refractivity contribution is -0.137. The number of ether oxygens (including phenoxy) is 2. The Labute approximate surface area is 155 Å². The SMILES string of the molecule is CCOc1ccc(C=CC(=O)NCc2ccc(C(F)(F)F)cc2)cc1OC. The molecule has 0 aliphatic heterocycles. The van der Waals surface area contributed by atoms with Crippen molar-refractivity contribution in [1.82, 2.24) is 5.32 Å². The minimum Gasteiger partial charge on any atom is -0.493 e. The first kappa shape index (κ1) is 20.4. The molecule has 0 aliphatic carbocycles. The van der Waals surface area contributed by atoms with Gasteiger partial charge < -0.3 is 14.8 Å². The van der Waals surface area contributed by atoms with Crippen LogP contribution in [0.2, 0.25) is 0 Å². The molecule has 0 atom stereocenters. The monoisotopic (exact) mass is 379 g/mol. The second kappa shape index (κ2) is 9.12. The average molecular weight is 379 g/mol. The number of amides is 1. The van der Waals surface area contributed by atoms with Crippen LogP contribution in [0.15, 0.2) is 48.5 Å². The lowest BCUT2D eigenvalue weighted by atomic mass is 10.1. The van der Waals surface area contributed by atoms with Gasteiger partial charge in [-0.2, -0.15) is 13.2 Å². The van der Waals surface area contributed by atoms with Gasteiger partial charge in [0, 0.05) is 12.6 Å². The Hall–Kier alpha value is -2.96. The molecule has 0 spiro atoms. The zero-order valence-corrected chi connectivity index (χ0v) is 15.0. The van der Waals surface area contributed by atoms with E-state index >= 15 is 0 Å². The molecule has 0 saturated heterocycles. The molecule has 7 heteroatoms. The van der Waals surface area contributed by atoms with Crippen molar-refractivity contribution in [2.75, 3.05) is 13.7 Å². The molecule has 0 saturated carbocycles. The highest BCUT2D eigenvalue weighted by atomic mass is 19.4. The Bertz CT molecular complexity index is 799. The van der Waals surface area contributed by atoms with Crippen LogP contribution in [0.5, 0.6) is 11.5 Å². The van der Waals surface area contributed by atoms with Crippen LogP contribution in [0.1, 0.15) is 23.6 Å². The third-order valence-electron chi connectivity index (χ3n) is 3.66. The van der Waals surface area contributed by atoms with Crippen molar-refractivity contribution >= 4 is 12.0 Å². The van der Waals surface area contributed by atoms with Gasteiger partial charge in [-0.15, -0.1) is 0 Å². The highest BCUT2D eigenvalue weighted by Gasteiger charge is 2.29. The van der Waals surface area contributed by atoms with Crippen molar-refractivity contribution in [2.24, 2.45) is 0 Å². The molecule has 1 amide bonds. The fraction of sp³-hybridized carbons (Fsp3) is 0.250. The normalized spacial score (nSPS) is 11.4. The number of halogens is 3. The van der Waals surface area contributed by atoms with E-state index in [-0.39, 0.29) is 12.5 Å². The molecular weight excluding hydrogens is 359 g/mol. The Morgan fingerprint density at radius 2 is 1.81 bits per heavy atom. The number of methoxy groups -OCH3 is 1. The van der Waals surface area contributed by atoms with E-state index in [1.165, 1.54) is 25.3 Å². The van der Waals surface area contributed by atoms with Crippen LogP contribution in [0, 0.1) is 0 Å². The summed E-state index contributed by atoms with van der Waals surface area (Å²) in [6.45, 7) is 2.51. The van der Waals surface area contributed by atoms with Crippen molar-refractivity contribution in [1.29, 1.82) is 0 Å². The lowest BCUT2D eigenvalue weighted by Gasteiger charge is -2.09. The Balaban J connectivity index is 1.93. The zero-order valence-electron chi connectivity index (χ0n) is 15.0. The number of carbonyl (C=O) groups is 1. The summed E-state index contributed by atoms with van der Waals surface area (Å²) in [7, 11) is 1.53. The molecule has 27 heavy (non-hydrogen) atoms. The van der Waals surface area contributed by atoms with Crippen molar-refractivity contribution < 1.29 is 27.4 Å². The predicted octanol–water partition coefficient (Wildman–Crippen LogP) is 4.44. The van der Waals surface area contributed by atoms with Gasteiger partial charge in [-0.1, -0.05) is 18.2 Å². The minimum atomic E-state index is -4.37. The van der Waals surface area contributed by atoms with E-state index in [4.69, 9.17) is 9.47 Å². The summed E-state index contributed by atoms with van der Waals surface area (Å²) in [5, 5.41) is 2.62. The molecule has 4 nitrogen and oxygen atoms in total. The third kappa shape index (κ3) is 6.06. The Morgan fingerprint density at radius 3 is 2.41 bits per heavy atom. The van der Waals surface area contributed by atoms with E-state index in [9.17, 15) is 18.0 Å². The van der Waals surface area contributed by atoms with Gasteiger partial charge in [0.05, 0.1) is 19.3 Å². The number of nitrogens with one attached hydrogen (secondary N) is 1. The van der Waals surface area contributed by atoms with Gasteiger partial charge in [0.2, 0.25) is 5.91 Å². The van der Waals surface area contributed by atoms with Crippen LogP contribution in [-0.4, -0.2) is 19.6 Å². The molecule has 0 fully saturated rings. The maximum Gasteiger partial charge on any atom is 0.416 e. The van der Waals surface area contributed by atoms with E-state index in [2.05, 4.69) is 5.32 Å². The molecule has 0 aliphatic rings. The molecule has 2 rings (SSSR count). The van der Waals surface area contributed by atoms with Gasteiger partial charge in [-0.25, -0.2) is 0 Å². The van der Waals surface area contributed by atoms with Crippen LogP contribution >= 0.6 is 0 Å². The second-order valence-electron chi connectivity index (χ2n) is 5.59. The molecule has 2 aromatic carbocycles. The summed E-state index contributed by atoms with van der Waals surface area (Å²) < 4.78 is 48.2. The fourth-order valence-corrected chi connectivity index (χ4v) is 2.29. The highest BCUT2D eigenvalue weighted by molar-refractivity contribution is 5.91. The van der Waals surface area contributed by atoms with Gasteiger partial charge in [0.25, 0.3) is 0 Å². The molecule has 0 aromatic heterocycles. The van der Waals surface area contributed by atoms with Crippen LogP contribution in [0.4, 0.5) is 13.2 Å². The van der Waals surface area contributed by atoms with Crippen molar-refractivity contribution in [3.8, 4) is 11.5 Å². The summed E-state index contributed by atoms with van der Waals surface area (Å²) in [5.41, 5.74) is 0.606. The Morgan fingerprint density at radius 1 is 1.11 bits per heavy atom. The van der Waals surface area contributed by atoms with Gasteiger partial charge in [0.1, 0.15) is 0 Å². The molecule has 2 aromatic rings. The number of carbonyl (C=O) groups excluding carboxylic acids is 1. The highest BCUT2D eigenvalue weighted by Crippen LogP contribution is 2.29. The second-order valence-corrected chi connectivity index (χ2v) is 5.59. The smallest absolute Gasteiger partial charge is 0.416 e. The summed E-state index contributed by atoms with van der Waals surface area (Å²) in [6.07, 6.45) is -1.41. The van der Waals surface area contributed by atoms with Gasteiger partial charge in [0.15, 0.2) is 11.5 Å². The fourth-order valence-electron chi connectivity index (χ4n) is 2.29. The maximum absolute atomic E-state index is 12.5. The van der Waals surface area contributed by atoms with Crippen LogP contribution < -0.4 is 14.8 Å². The summed E-state index contributed by atoms with van der Waals surface area (Å²) in [6, 6.07) is 9.93.